The van der Waals surface area contributed by atoms with Gasteiger partial charge >= 0.3 is 0 Å². The van der Waals surface area contributed by atoms with Crippen LogP contribution >= 0.6 is 36.4 Å². The average molecular weight is 365 g/mol. The lowest BCUT2D eigenvalue weighted by Gasteiger charge is -2.06. The molecule has 2 N–H and O–H groups in total. The lowest BCUT2D eigenvalue weighted by Crippen LogP contribution is -2.32. The Balaban J connectivity index is 0.00000220. The van der Waals surface area contributed by atoms with Crippen LogP contribution in [0.15, 0.2) is 30.3 Å². The average Bonchev–Trinajstić information content (AvgIpc) is 2.46. The summed E-state index contributed by atoms with van der Waals surface area (Å²) in [6, 6.07) is 9.07. The molecule has 0 radical (unpaired) electrons. The van der Waals surface area contributed by atoms with Crippen LogP contribution in [-0.4, -0.2) is 30.5 Å². The molecule has 2 aromatic rings. The summed E-state index contributed by atoms with van der Waals surface area (Å²) in [5, 5.41) is 7.65. The van der Waals surface area contributed by atoms with Gasteiger partial charge < -0.3 is 10.6 Å². The molecular formula is C15H20Cl3N3O. The molecule has 0 saturated heterocycles. The van der Waals surface area contributed by atoms with E-state index in [2.05, 4.69) is 22.5 Å². The maximum absolute atomic E-state index is 12.0. The van der Waals surface area contributed by atoms with Crippen LogP contribution in [0.5, 0.6) is 0 Å². The molecule has 0 spiro atoms. The maximum atomic E-state index is 12.0. The minimum absolute atomic E-state index is 0. The van der Waals surface area contributed by atoms with Gasteiger partial charge in [0.05, 0.1) is 5.52 Å². The zero-order chi connectivity index (χ0) is 14.4. The fourth-order valence-corrected chi connectivity index (χ4v) is 2.04. The van der Waals surface area contributed by atoms with Gasteiger partial charge in [0.25, 0.3) is 5.91 Å². The van der Waals surface area contributed by atoms with Gasteiger partial charge in [-0.15, -0.1) is 24.8 Å². The lowest BCUT2D eigenvalue weighted by atomic mass is 10.2. The minimum atomic E-state index is -0.162. The number of pyridine rings is 1. The monoisotopic (exact) mass is 363 g/mol. The second-order valence-electron chi connectivity index (χ2n) is 4.54. The highest BCUT2D eigenvalue weighted by Crippen LogP contribution is 2.17. The van der Waals surface area contributed by atoms with Crippen LogP contribution in [0.3, 0.4) is 0 Å². The predicted octanol–water partition coefficient (Wildman–Crippen LogP) is 3.46. The van der Waals surface area contributed by atoms with Crippen LogP contribution in [0.25, 0.3) is 10.9 Å². The topological polar surface area (TPSA) is 54.0 Å². The molecule has 1 aromatic carbocycles. The number of hydrogen-bond donors (Lipinski definition) is 2. The van der Waals surface area contributed by atoms with E-state index in [1.807, 2.05) is 18.2 Å². The molecule has 1 amide bonds. The van der Waals surface area contributed by atoms with E-state index in [4.69, 9.17) is 11.6 Å². The normalized spacial score (nSPS) is 9.73. The number of carbonyl (C=O) groups excluding carboxylic acids is 1. The molecular weight excluding hydrogens is 345 g/mol. The van der Waals surface area contributed by atoms with E-state index in [9.17, 15) is 4.79 Å². The smallest absolute Gasteiger partial charge is 0.269 e. The van der Waals surface area contributed by atoms with Crippen molar-refractivity contribution in [2.45, 2.75) is 13.3 Å². The number of nitrogens with one attached hydrogen (secondary N) is 2. The molecule has 0 aliphatic heterocycles. The van der Waals surface area contributed by atoms with Crippen molar-refractivity contribution < 1.29 is 4.79 Å². The number of carbonyl (C=O) groups is 1. The number of halogens is 3. The van der Waals surface area contributed by atoms with Crippen LogP contribution < -0.4 is 10.6 Å². The van der Waals surface area contributed by atoms with Gasteiger partial charge in [0, 0.05) is 23.5 Å². The third kappa shape index (κ3) is 5.97. The summed E-state index contributed by atoms with van der Waals surface area (Å²) >= 11 is 5.93. The maximum Gasteiger partial charge on any atom is 0.269 e. The van der Waals surface area contributed by atoms with Gasteiger partial charge in [-0.3, -0.25) is 4.79 Å². The molecule has 0 fully saturated rings. The van der Waals surface area contributed by atoms with E-state index in [0.29, 0.717) is 17.3 Å². The summed E-state index contributed by atoms with van der Waals surface area (Å²) in [7, 11) is 0. The second kappa shape index (κ2) is 10.6. The molecule has 122 valence electrons. The van der Waals surface area contributed by atoms with Crippen LogP contribution in [0.2, 0.25) is 5.02 Å². The largest absolute Gasteiger partial charge is 0.349 e. The van der Waals surface area contributed by atoms with Crippen molar-refractivity contribution in [2.24, 2.45) is 0 Å². The van der Waals surface area contributed by atoms with E-state index in [1.54, 1.807) is 12.1 Å². The van der Waals surface area contributed by atoms with E-state index in [1.165, 1.54) is 0 Å². The quantitative estimate of drug-likeness (QED) is 0.772. The fraction of sp³-hybridized carbons (Fsp3) is 0.333. The van der Waals surface area contributed by atoms with Gasteiger partial charge in [-0.25, -0.2) is 4.98 Å². The van der Waals surface area contributed by atoms with Gasteiger partial charge in [-0.2, -0.15) is 0 Å². The van der Waals surface area contributed by atoms with Crippen molar-refractivity contribution in [3.63, 3.8) is 0 Å². The number of aromatic nitrogens is 1. The highest BCUT2D eigenvalue weighted by molar-refractivity contribution is 6.31. The minimum Gasteiger partial charge on any atom is -0.349 e. The van der Waals surface area contributed by atoms with Crippen molar-refractivity contribution >= 4 is 53.2 Å². The van der Waals surface area contributed by atoms with E-state index in [0.717, 1.165) is 30.4 Å². The lowest BCUT2D eigenvalue weighted by molar-refractivity contribution is 0.0949. The molecule has 2 rings (SSSR count). The van der Waals surface area contributed by atoms with Crippen LogP contribution in [0.4, 0.5) is 0 Å². The molecule has 1 aromatic heterocycles. The van der Waals surface area contributed by atoms with Gasteiger partial charge in [0.15, 0.2) is 0 Å². The molecule has 7 heteroatoms. The van der Waals surface area contributed by atoms with Crippen molar-refractivity contribution in [2.75, 3.05) is 19.6 Å². The van der Waals surface area contributed by atoms with E-state index in [-0.39, 0.29) is 30.7 Å². The fourth-order valence-electron chi connectivity index (χ4n) is 1.87. The molecule has 0 aliphatic rings. The molecule has 0 bridgehead atoms. The van der Waals surface area contributed by atoms with Crippen molar-refractivity contribution in [1.82, 2.24) is 15.6 Å². The Morgan fingerprint density at radius 1 is 1.14 bits per heavy atom. The Kier molecular flexibility index (Phi) is 10.1. The highest BCUT2D eigenvalue weighted by Gasteiger charge is 2.07. The van der Waals surface area contributed by atoms with Crippen LogP contribution in [0, 0.1) is 0 Å². The van der Waals surface area contributed by atoms with Crippen molar-refractivity contribution in [3.05, 3.63) is 41.0 Å². The SMILES string of the molecule is CCCNCCNC(=O)c1ccc2ccc(Cl)cc2n1.Cl.Cl. The zero-order valence-corrected chi connectivity index (χ0v) is 14.7. The van der Waals surface area contributed by atoms with Crippen LogP contribution in [0.1, 0.15) is 23.8 Å². The molecule has 0 unspecified atom stereocenters. The first-order valence-corrected chi connectivity index (χ1v) is 7.13. The van der Waals surface area contributed by atoms with Crippen molar-refractivity contribution in [3.8, 4) is 0 Å². The number of amides is 1. The third-order valence-electron chi connectivity index (χ3n) is 2.90. The first kappa shape index (κ1) is 20.9. The van der Waals surface area contributed by atoms with Gasteiger partial charge in [0.2, 0.25) is 0 Å². The molecule has 0 aliphatic carbocycles. The van der Waals surface area contributed by atoms with Crippen molar-refractivity contribution in [1.29, 1.82) is 0 Å². The van der Waals surface area contributed by atoms with Gasteiger partial charge in [-0.05, 0) is 31.2 Å². The Morgan fingerprint density at radius 3 is 2.59 bits per heavy atom. The number of nitrogens with zero attached hydrogens (tertiary/aromatic N) is 1. The Morgan fingerprint density at radius 2 is 1.86 bits per heavy atom. The number of fused-ring (bicyclic) bond motifs is 1. The Bertz CT molecular complexity index is 608. The second-order valence-corrected chi connectivity index (χ2v) is 4.98. The summed E-state index contributed by atoms with van der Waals surface area (Å²) in [6.45, 7) is 4.42. The summed E-state index contributed by atoms with van der Waals surface area (Å²) < 4.78 is 0. The molecule has 1 heterocycles. The van der Waals surface area contributed by atoms with Crippen LogP contribution in [-0.2, 0) is 0 Å². The zero-order valence-electron chi connectivity index (χ0n) is 12.3. The Labute approximate surface area is 147 Å². The Hall–Kier alpha value is -1.07. The predicted molar refractivity (Wildman–Crippen MR) is 96.7 cm³/mol. The summed E-state index contributed by atoms with van der Waals surface area (Å²) in [4.78, 5) is 16.3. The number of rotatable bonds is 6. The summed E-state index contributed by atoms with van der Waals surface area (Å²) in [6.07, 6.45) is 1.08. The number of hydrogen-bond acceptors (Lipinski definition) is 3. The molecule has 4 nitrogen and oxygen atoms in total. The molecule has 22 heavy (non-hydrogen) atoms. The third-order valence-corrected chi connectivity index (χ3v) is 3.14. The molecule has 0 saturated carbocycles. The van der Waals surface area contributed by atoms with Gasteiger partial charge in [0.1, 0.15) is 5.69 Å². The number of benzene rings is 1. The first-order valence-electron chi connectivity index (χ1n) is 6.76. The van der Waals surface area contributed by atoms with E-state index < -0.39 is 0 Å². The highest BCUT2D eigenvalue weighted by atomic mass is 35.5. The first-order chi connectivity index (χ1) is 9.70. The standard InChI is InChI=1S/C15H18ClN3O.2ClH/c1-2-7-17-8-9-18-15(20)13-6-4-11-3-5-12(16)10-14(11)19-13;;/h3-6,10,17H,2,7-9H2,1H3,(H,18,20);2*1H. The summed E-state index contributed by atoms with van der Waals surface area (Å²) in [5.74, 6) is -0.162. The summed E-state index contributed by atoms with van der Waals surface area (Å²) in [5.41, 5.74) is 1.14. The molecule has 0 atom stereocenters. The van der Waals surface area contributed by atoms with Gasteiger partial charge in [-0.1, -0.05) is 30.7 Å². The van der Waals surface area contributed by atoms with E-state index >= 15 is 0 Å².